The highest BCUT2D eigenvalue weighted by molar-refractivity contribution is 7.99. The molecule has 3 aromatic carbocycles. The number of fused-ring (bicyclic) bond motifs is 2. The number of hydrogen-bond donors (Lipinski definition) is 2. The van der Waals surface area contributed by atoms with Gasteiger partial charge in [-0.1, -0.05) is 30.0 Å². The fourth-order valence-corrected chi connectivity index (χ4v) is 3.95. The zero-order chi connectivity index (χ0) is 20.2. The summed E-state index contributed by atoms with van der Waals surface area (Å²) in [7, 11) is 0. The minimum absolute atomic E-state index is 0.384. The van der Waals surface area contributed by atoms with Crippen molar-refractivity contribution in [1.82, 2.24) is 0 Å². The molecule has 28 heavy (non-hydrogen) atoms. The standard InChI is InChI=1S/C20H9F3O4S/c21-15-13-14(16(22)20(17(15)23)28-8-4-2-1-3-5-8)19(27)12-10(25)7-6-9(24)11(12)18(13)26/h1-7,24-25H. The molecule has 8 heteroatoms. The van der Waals surface area contributed by atoms with Gasteiger partial charge < -0.3 is 10.2 Å². The van der Waals surface area contributed by atoms with Crippen LogP contribution in [-0.4, -0.2) is 21.8 Å². The van der Waals surface area contributed by atoms with Crippen molar-refractivity contribution in [1.29, 1.82) is 0 Å². The molecular weight excluding hydrogens is 393 g/mol. The van der Waals surface area contributed by atoms with Gasteiger partial charge in [0.25, 0.3) is 0 Å². The Hall–Kier alpha value is -3.26. The maximum atomic E-state index is 15.1. The van der Waals surface area contributed by atoms with E-state index in [1.807, 2.05) is 0 Å². The highest BCUT2D eigenvalue weighted by Crippen LogP contribution is 2.43. The average molecular weight is 402 g/mol. The summed E-state index contributed by atoms with van der Waals surface area (Å²) < 4.78 is 44.4. The minimum Gasteiger partial charge on any atom is -0.507 e. The van der Waals surface area contributed by atoms with E-state index in [0.29, 0.717) is 16.7 Å². The third-order valence-electron chi connectivity index (χ3n) is 4.31. The minimum atomic E-state index is -1.69. The van der Waals surface area contributed by atoms with Crippen LogP contribution in [0.2, 0.25) is 0 Å². The van der Waals surface area contributed by atoms with E-state index in [2.05, 4.69) is 0 Å². The molecule has 4 rings (SSSR count). The predicted molar refractivity (Wildman–Crippen MR) is 93.5 cm³/mol. The molecule has 0 radical (unpaired) electrons. The molecule has 0 amide bonds. The second-order valence-electron chi connectivity index (χ2n) is 5.95. The predicted octanol–water partition coefficient (Wildman–Crippen LogP) is 4.44. The molecule has 0 bridgehead atoms. The Morgan fingerprint density at radius 2 is 1.14 bits per heavy atom. The molecule has 3 aromatic rings. The molecule has 0 fully saturated rings. The molecule has 4 nitrogen and oxygen atoms in total. The van der Waals surface area contributed by atoms with E-state index >= 15 is 4.39 Å². The number of hydrogen-bond acceptors (Lipinski definition) is 5. The normalized spacial score (nSPS) is 12.7. The highest BCUT2D eigenvalue weighted by atomic mass is 32.2. The number of aromatic hydroxyl groups is 2. The summed E-state index contributed by atoms with van der Waals surface area (Å²) in [5.74, 6) is -8.61. The Balaban J connectivity index is 2.00. The molecule has 0 atom stereocenters. The van der Waals surface area contributed by atoms with Gasteiger partial charge in [-0.25, -0.2) is 13.2 Å². The first-order chi connectivity index (χ1) is 13.3. The number of ketones is 2. The van der Waals surface area contributed by atoms with Crippen molar-refractivity contribution in [3.63, 3.8) is 0 Å². The van der Waals surface area contributed by atoms with Crippen molar-refractivity contribution >= 4 is 23.3 Å². The van der Waals surface area contributed by atoms with Gasteiger partial charge in [0, 0.05) is 4.90 Å². The zero-order valence-electron chi connectivity index (χ0n) is 13.8. The lowest BCUT2D eigenvalue weighted by atomic mass is 9.82. The molecule has 0 unspecified atom stereocenters. The van der Waals surface area contributed by atoms with Crippen molar-refractivity contribution in [2.24, 2.45) is 0 Å². The fourth-order valence-electron chi connectivity index (χ4n) is 3.05. The number of phenolic OH excluding ortho intramolecular Hbond substituents is 2. The number of halogens is 3. The van der Waals surface area contributed by atoms with E-state index in [-0.39, 0.29) is 0 Å². The quantitative estimate of drug-likeness (QED) is 0.383. The van der Waals surface area contributed by atoms with Gasteiger partial charge in [-0.05, 0) is 24.3 Å². The summed E-state index contributed by atoms with van der Waals surface area (Å²) >= 11 is 0.554. The third kappa shape index (κ3) is 2.49. The zero-order valence-corrected chi connectivity index (χ0v) is 14.6. The lowest BCUT2D eigenvalue weighted by Crippen LogP contribution is -2.25. The van der Waals surface area contributed by atoms with Crippen LogP contribution in [0, 0.1) is 17.5 Å². The third-order valence-corrected chi connectivity index (χ3v) is 5.38. The van der Waals surface area contributed by atoms with Gasteiger partial charge in [0.1, 0.15) is 11.5 Å². The van der Waals surface area contributed by atoms with Crippen LogP contribution in [0.15, 0.2) is 52.3 Å². The summed E-state index contributed by atoms with van der Waals surface area (Å²) in [6.45, 7) is 0. The number of benzene rings is 3. The molecule has 0 aromatic heterocycles. The van der Waals surface area contributed by atoms with Crippen molar-refractivity contribution in [2.45, 2.75) is 9.79 Å². The monoisotopic (exact) mass is 402 g/mol. The van der Waals surface area contributed by atoms with Gasteiger partial charge in [-0.3, -0.25) is 9.59 Å². The van der Waals surface area contributed by atoms with Crippen molar-refractivity contribution in [3.8, 4) is 11.5 Å². The Morgan fingerprint density at radius 1 is 0.643 bits per heavy atom. The first-order valence-corrected chi connectivity index (χ1v) is 8.72. The van der Waals surface area contributed by atoms with Gasteiger partial charge in [-0.15, -0.1) is 0 Å². The molecule has 1 aliphatic carbocycles. The summed E-state index contributed by atoms with van der Waals surface area (Å²) in [6.07, 6.45) is 0. The number of phenols is 2. The Kier molecular flexibility index (Phi) is 4.15. The van der Waals surface area contributed by atoms with Crippen molar-refractivity contribution in [2.75, 3.05) is 0 Å². The Labute approximate surface area is 160 Å². The van der Waals surface area contributed by atoms with E-state index < -0.39 is 67.7 Å². The van der Waals surface area contributed by atoms with Crippen LogP contribution in [0.1, 0.15) is 31.8 Å². The summed E-state index contributed by atoms with van der Waals surface area (Å²) in [6, 6.07) is 9.84. The number of carbonyl (C=O) groups is 2. The molecule has 0 saturated heterocycles. The second kappa shape index (κ2) is 6.42. The van der Waals surface area contributed by atoms with Gasteiger partial charge in [0.05, 0.1) is 27.1 Å². The molecule has 0 saturated carbocycles. The molecule has 0 aliphatic heterocycles. The van der Waals surface area contributed by atoms with Crippen LogP contribution >= 0.6 is 11.8 Å². The lowest BCUT2D eigenvalue weighted by Gasteiger charge is -2.21. The van der Waals surface area contributed by atoms with Crippen molar-refractivity contribution in [3.05, 3.63) is 82.2 Å². The van der Waals surface area contributed by atoms with E-state index in [1.165, 1.54) is 12.1 Å². The highest BCUT2D eigenvalue weighted by Gasteiger charge is 2.41. The summed E-state index contributed by atoms with van der Waals surface area (Å²) in [4.78, 5) is 25.0. The fraction of sp³-hybridized carbons (Fsp3) is 0. The molecule has 2 N–H and O–H groups in total. The molecule has 0 spiro atoms. The van der Waals surface area contributed by atoms with E-state index in [0.717, 1.165) is 12.1 Å². The number of carbonyl (C=O) groups excluding carboxylic acids is 2. The summed E-state index contributed by atoms with van der Waals surface area (Å²) in [5, 5.41) is 19.8. The van der Waals surface area contributed by atoms with Gasteiger partial charge in [0.15, 0.2) is 17.5 Å². The van der Waals surface area contributed by atoms with E-state index in [9.17, 15) is 28.6 Å². The maximum absolute atomic E-state index is 15.1. The topological polar surface area (TPSA) is 74.6 Å². The van der Waals surface area contributed by atoms with Gasteiger partial charge in [-0.2, -0.15) is 0 Å². The lowest BCUT2D eigenvalue weighted by molar-refractivity contribution is 0.0965. The average Bonchev–Trinajstić information content (AvgIpc) is 2.68. The molecule has 1 aliphatic rings. The van der Waals surface area contributed by atoms with Gasteiger partial charge >= 0.3 is 0 Å². The first kappa shape index (κ1) is 18.1. The van der Waals surface area contributed by atoms with Crippen LogP contribution in [0.25, 0.3) is 0 Å². The van der Waals surface area contributed by atoms with Crippen molar-refractivity contribution < 1.29 is 33.0 Å². The van der Waals surface area contributed by atoms with Crippen LogP contribution in [0.4, 0.5) is 13.2 Å². The Bertz CT molecular complexity index is 1180. The van der Waals surface area contributed by atoms with E-state index in [1.54, 1.807) is 18.2 Å². The largest absolute Gasteiger partial charge is 0.507 e. The molecule has 0 heterocycles. The van der Waals surface area contributed by atoms with Crippen LogP contribution in [0.3, 0.4) is 0 Å². The SMILES string of the molecule is O=C1c2c(O)ccc(O)c2C(=O)c2c(F)c(Sc3ccccc3)c(F)c(F)c21. The van der Waals surface area contributed by atoms with E-state index in [4.69, 9.17) is 0 Å². The molecule has 140 valence electrons. The van der Waals surface area contributed by atoms with Crippen LogP contribution < -0.4 is 0 Å². The Morgan fingerprint density at radius 3 is 1.68 bits per heavy atom. The van der Waals surface area contributed by atoms with Crippen LogP contribution in [0.5, 0.6) is 11.5 Å². The number of rotatable bonds is 2. The smallest absolute Gasteiger partial charge is 0.201 e. The maximum Gasteiger partial charge on any atom is 0.201 e. The van der Waals surface area contributed by atoms with Crippen LogP contribution in [-0.2, 0) is 0 Å². The van der Waals surface area contributed by atoms with Gasteiger partial charge in [0.2, 0.25) is 11.6 Å². The molecular formula is C20H9F3O4S. The second-order valence-corrected chi connectivity index (χ2v) is 7.03. The first-order valence-electron chi connectivity index (χ1n) is 7.90. The summed E-state index contributed by atoms with van der Waals surface area (Å²) in [5.41, 5.74) is -3.43.